The molecule has 0 bridgehead atoms. The molecular formula is C18H24F2N2. The molecule has 4 heteroatoms. The number of nitrogen functional groups attached to an aromatic ring is 1. The van der Waals surface area contributed by atoms with E-state index in [0.717, 1.165) is 43.6 Å². The number of halogens is 2. The largest absolute Gasteiger partial charge is 0.396 e. The summed E-state index contributed by atoms with van der Waals surface area (Å²) in [6.45, 7) is 0. The van der Waals surface area contributed by atoms with Crippen molar-refractivity contribution in [3.63, 3.8) is 0 Å². The molecule has 1 saturated carbocycles. The van der Waals surface area contributed by atoms with Crippen molar-refractivity contribution in [2.45, 2.75) is 51.0 Å². The summed E-state index contributed by atoms with van der Waals surface area (Å²) in [6, 6.07) is 3.42. The summed E-state index contributed by atoms with van der Waals surface area (Å²) in [6.07, 6.45) is 9.58. The molecular weight excluding hydrogens is 282 g/mol. The number of allylic oxidation sites excluding steroid dienone is 2. The lowest BCUT2D eigenvalue weighted by atomic mass is 9.72. The Balaban J connectivity index is 1.70. The predicted molar refractivity (Wildman–Crippen MR) is 86.0 cm³/mol. The lowest BCUT2D eigenvalue weighted by Crippen LogP contribution is -2.30. The normalized spacial score (nSPS) is 29.2. The van der Waals surface area contributed by atoms with E-state index in [-0.39, 0.29) is 5.69 Å². The number of anilines is 1. The van der Waals surface area contributed by atoms with Crippen LogP contribution in [-0.4, -0.2) is 6.04 Å². The first-order valence-electron chi connectivity index (χ1n) is 8.24. The minimum absolute atomic E-state index is 0.130. The summed E-state index contributed by atoms with van der Waals surface area (Å²) in [5, 5.41) is 0. The summed E-state index contributed by atoms with van der Waals surface area (Å²) in [5.74, 6) is -0.335. The molecule has 120 valence electrons. The zero-order chi connectivity index (χ0) is 15.7. The standard InChI is InChI=1S/C18H24F2N2/c19-17-15(9-10-16(22)18(17)20)13-3-1-11(2-4-13)12-5-7-14(21)8-6-12/h3,9-12,14H,1-2,4-8,21-22H2. The Morgan fingerprint density at radius 1 is 0.909 bits per heavy atom. The first-order chi connectivity index (χ1) is 10.6. The van der Waals surface area contributed by atoms with Gasteiger partial charge in [-0.25, -0.2) is 8.78 Å². The molecule has 1 aromatic carbocycles. The average Bonchev–Trinajstić information content (AvgIpc) is 2.54. The van der Waals surface area contributed by atoms with E-state index in [0.29, 0.717) is 17.5 Å². The summed E-state index contributed by atoms with van der Waals surface area (Å²) in [4.78, 5) is 0. The molecule has 1 atom stereocenters. The van der Waals surface area contributed by atoms with Crippen LogP contribution in [0.2, 0.25) is 0 Å². The van der Waals surface area contributed by atoms with E-state index in [1.54, 1.807) is 6.07 Å². The molecule has 0 radical (unpaired) electrons. The van der Waals surface area contributed by atoms with Crippen molar-refractivity contribution in [1.29, 1.82) is 0 Å². The van der Waals surface area contributed by atoms with Gasteiger partial charge in [-0.3, -0.25) is 0 Å². The van der Waals surface area contributed by atoms with E-state index in [4.69, 9.17) is 11.5 Å². The molecule has 3 rings (SSSR count). The molecule has 1 fully saturated rings. The van der Waals surface area contributed by atoms with Gasteiger partial charge in [0, 0.05) is 11.6 Å². The highest BCUT2D eigenvalue weighted by atomic mass is 19.2. The third-order valence-corrected chi connectivity index (χ3v) is 5.39. The molecule has 2 nitrogen and oxygen atoms in total. The second-order valence-corrected chi connectivity index (χ2v) is 6.77. The minimum Gasteiger partial charge on any atom is -0.396 e. The molecule has 0 amide bonds. The fourth-order valence-corrected chi connectivity index (χ4v) is 3.96. The van der Waals surface area contributed by atoms with E-state index < -0.39 is 11.6 Å². The average molecular weight is 306 g/mol. The number of benzene rings is 1. The fourth-order valence-electron chi connectivity index (χ4n) is 3.96. The van der Waals surface area contributed by atoms with Gasteiger partial charge < -0.3 is 11.5 Å². The van der Waals surface area contributed by atoms with Crippen molar-refractivity contribution in [1.82, 2.24) is 0 Å². The summed E-state index contributed by atoms with van der Waals surface area (Å²) < 4.78 is 27.6. The molecule has 0 saturated heterocycles. The summed E-state index contributed by atoms with van der Waals surface area (Å²) in [5.41, 5.74) is 12.5. The first-order valence-corrected chi connectivity index (χ1v) is 8.24. The van der Waals surface area contributed by atoms with Gasteiger partial charge in [-0.05, 0) is 74.5 Å². The minimum atomic E-state index is -0.929. The molecule has 0 aliphatic heterocycles. The fraction of sp³-hybridized carbons (Fsp3) is 0.556. The highest BCUT2D eigenvalue weighted by molar-refractivity contribution is 5.68. The Labute approximate surface area is 130 Å². The maximum Gasteiger partial charge on any atom is 0.182 e. The molecule has 0 heterocycles. The monoisotopic (exact) mass is 306 g/mol. The van der Waals surface area contributed by atoms with Crippen LogP contribution in [0.4, 0.5) is 14.5 Å². The molecule has 22 heavy (non-hydrogen) atoms. The first kappa shape index (κ1) is 15.5. The van der Waals surface area contributed by atoms with Crippen molar-refractivity contribution in [2.24, 2.45) is 17.6 Å². The van der Waals surface area contributed by atoms with Gasteiger partial charge >= 0.3 is 0 Å². The Bertz CT molecular complexity index is 575. The highest BCUT2D eigenvalue weighted by Crippen LogP contribution is 2.40. The van der Waals surface area contributed by atoms with E-state index in [1.807, 2.05) is 0 Å². The van der Waals surface area contributed by atoms with Crippen LogP contribution in [-0.2, 0) is 0 Å². The second-order valence-electron chi connectivity index (χ2n) is 6.77. The van der Waals surface area contributed by atoms with E-state index in [2.05, 4.69) is 6.08 Å². The number of hydrogen-bond acceptors (Lipinski definition) is 2. The second kappa shape index (κ2) is 6.37. The maximum atomic E-state index is 14.0. The van der Waals surface area contributed by atoms with Gasteiger partial charge in [0.25, 0.3) is 0 Å². The highest BCUT2D eigenvalue weighted by Gasteiger charge is 2.28. The van der Waals surface area contributed by atoms with Gasteiger partial charge in [-0.2, -0.15) is 0 Å². The molecule has 4 N–H and O–H groups in total. The molecule has 1 unspecified atom stereocenters. The third-order valence-electron chi connectivity index (χ3n) is 5.39. The lowest BCUT2D eigenvalue weighted by molar-refractivity contribution is 0.221. The maximum absolute atomic E-state index is 14.0. The SMILES string of the molecule is Nc1ccc(C2=CCC(C3CCC(N)CC3)CC2)c(F)c1F. The topological polar surface area (TPSA) is 52.0 Å². The molecule has 2 aliphatic carbocycles. The molecule has 0 aromatic heterocycles. The van der Waals surface area contributed by atoms with Crippen LogP contribution < -0.4 is 11.5 Å². The van der Waals surface area contributed by atoms with Gasteiger partial charge in [0.05, 0.1) is 5.69 Å². The van der Waals surface area contributed by atoms with Crippen LogP contribution in [0.25, 0.3) is 5.57 Å². The van der Waals surface area contributed by atoms with Crippen molar-refractivity contribution >= 4 is 11.3 Å². The van der Waals surface area contributed by atoms with Crippen molar-refractivity contribution in [3.05, 3.63) is 35.4 Å². The zero-order valence-corrected chi connectivity index (χ0v) is 12.8. The Hall–Kier alpha value is -1.42. The lowest BCUT2D eigenvalue weighted by Gasteiger charge is -2.34. The van der Waals surface area contributed by atoms with Crippen LogP contribution in [0.3, 0.4) is 0 Å². The van der Waals surface area contributed by atoms with Gasteiger partial charge in [0.1, 0.15) is 0 Å². The number of nitrogens with two attached hydrogens (primary N) is 2. The predicted octanol–water partition coefficient (Wildman–Crippen LogP) is 4.25. The van der Waals surface area contributed by atoms with Crippen molar-refractivity contribution < 1.29 is 8.78 Å². The Kier molecular flexibility index (Phi) is 4.48. The van der Waals surface area contributed by atoms with Crippen LogP contribution in [0.5, 0.6) is 0 Å². The van der Waals surface area contributed by atoms with Gasteiger partial charge in [0.15, 0.2) is 11.6 Å². The van der Waals surface area contributed by atoms with Crippen LogP contribution >= 0.6 is 0 Å². The Morgan fingerprint density at radius 3 is 2.27 bits per heavy atom. The molecule has 1 aromatic rings. The van der Waals surface area contributed by atoms with E-state index >= 15 is 0 Å². The van der Waals surface area contributed by atoms with Crippen molar-refractivity contribution in [2.75, 3.05) is 5.73 Å². The summed E-state index contributed by atoms with van der Waals surface area (Å²) >= 11 is 0. The van der Waals surface area contributed by atoms with E-state index in [9.17, 15) is 8.78 Å². The van der Waals surface area contributed by atoms with Crippen LogP contribution in [0.1, 0.15) is 50.5 Å². The molecule has 2 aliphatic rings. The quantitative estimate of drug-likeness (QED) is 0.803. The van der Waals surface area contributed by atoms with Gasteiger partial charge in [-0.1, -0.05) is 6.08 Å². The number of hydrogen-bond donors (Lipinski definition) is 2. The third kappa shape index (κ3) is 3.02. The smallest absolute Gasteiger partial charge is 0.182 e. The van der Waals surface area contributed by atoms with Crippen molar-refractivity contribution in [3.8, 4) is 0 Å². The zero-order valence-electron chi connectivity index (χ0n) is 12.8. The Morgan fingerprint density at radius 2 is 1.64 bits per heavy atom. The van der Waals surface area contributed by atoms with Crippen LogP contribution in [0, 0.1) is 23.5 Å². The summed E-state index contributed by atoms with van der Waals surface area (Å²) in [7, 11) is 0. The van der Waals surface area contributed by atoms with Gasteiger partial charge in [0.2, 0.25) is 0 Å². The van der Waals surface area contributed by atoms with E-state index in [1.165, 1.54) is 18.9 Å². The number of rotatable bonds is 2. The molecule has 0 spiro atoms. The van der Waals surface area contributed by atoms with Gasteiger partial charge in [-0.15, -0.1) is 0 Å². The van der Waals surface area contributed by atoms with Crippen LogP contribution in [0.15, 0.2) is 18.2 Å².